The average molecular weight is 346 g/mol. The number of rotatable bonds is 6. The Hall–Kier alpha value is -2.44. The Morgan fingerprint density at radius 3 is 1.92 bits per heavy atom. The van der Waals surface area contributed by atoms with Gasteiger partial charge in [-0.15, -0.1) is 0 Å². The summed E-state index contributed by atoms with van der Waals surface area (Å²) >= 11 is 0. The summed E-state index contributed by atoms with van der Waals surface area (Å²) in [6.45, 7) is 4.65. The molecule has 4 rings (SSSR count). The van der Waals surface area contributed by atoms with Crippen LogP contribution in [0.2, 0.25) is 0 Å². The SMILES string of the molecule is Cc1cc(OCC2CO2)ccc1O.Oc1ccc(OCC2CO2)cc1. The van der Waals surface area contributed by atoms with Gasteiger partial charge in [-0.3, -0.25) is 0 Å². The van der Waals surface area contributed by atoms with E-state index in [9.17, 15) is 5.11 Å². The van der Waals surface area contributed by atoms with Crippen LogP contribution in [0.15, 0.2) is 42.5 Å². The van der Waals surface area contributed by atoms with Gasteiger partial charge in [0.2, 0.25) is 0 Å². The summed E-state index contributed by atoms with van der Waals surface area (Å²) in [5.41, 5.74) is 0.828. The Balaban J connectivity index is 0.000000146. The zero-order valence-corrected chi connectivity index (χ0v) is 14.1. The molecule has 0 bridgehead atoms. The molecule has 134 valence electrons. The molecular weight excluding hydrogens is 324 g/mol. The number of epoxide rings is 2. The molecule has 2 aliphatic rings. The topological polar surface area (TPSA) is 84.0 Å². The lowest BCUT2D eigenvalue weighted by atomic mass is 10.2. The minimum Gasteiger partial charge on any atom is -0.508 e. The predicted molar refractivity (Wildman–Crippen MR) is 91.4 cm³/mol. The van der Waals surface area contributed by atoms with Crippen LogP contribution in [0.3, 0.4) is 0 Å². The summed E-state index contributed by atoms with van der Waals surface area (Å²) < 4.78 is 20.8. The van der Waals surface area contributed by atoms with Crippen LogP contribution in [0.25, 0.3) is 0 Å². The highest BCUT2D eigenvalue weighted by molar-refractivity contribution is 5.38. The molecule has 6 heteroatoms. The fraction of sp³-hybridized carbons (Fsp3) is 0.368. The molecule has 2 unspecified atom stereocenters. The second kappa shape index (κ2) is 8.09. The summed E-state index contributed by atoms with van der Waals surface area (Å²) in [5.74, 6) is 2.11. The molecule has 2 aromatic carbocycles. The van der Waals surface area contributed by atoms with E-state index >= 15 is 0 Å². The third kappa shape index (κ3) is 6.17. The summed E-state index contributed by atoms with van der Waals surface area (Å²) in [4.78, 5) is 0. The molecule has 25 heavy (non-hydrogen) atoms. The quantitative estimate of drug-likeness (QED) is 0.783. The van der Waals surface area contributed by atoms with Gasteiger partial charge in [-0.1, -0.05) is 0 Å². The number of phenols is 2. The minimum atomic E-state index is 0.255. The van der Waals surface area contributed by atoms with E-state index < -0.39 is 0 Å². The molecule has 0 spiro atoms. The lowest BCUT2D eigenvalue weighted by Crippen LogP contribution is -2.03. The van der Waals surface area contributed by atoms with E-state index in [-0.39, 0.29) is 18.0 Å². The van der Waals surface area contributed by atoms with Gasteiger partial charge in [0.25, 0.3) is 0 Å². The number of aryl methyl sites for hydroxylation is 1. The van der Waals surface area contributed by atoms with Crippen molar-refractivity contribution in [2.75, 3.05) is 26.4 Å². The summed E-state index contributed by atoms with van der Waals surface area (Å²) in [6.07, 6.45) is 0.549. The Bertz CT molecular complexity index is 677. The fourth-order valence-corrected chi connectivity index (χ4v) is 1.97. The van der Waals surface area contributed by atoms with Crippen molar-refractivity contribution in [3.8, 4) is 23.0 Å². The molecule has 2 aliphatic heterocycles. The second-order valence-corrected chi connectivity index (χ2v) is 5.97. The molecule has 0 amide bonds. The van der Waals surface area contributed by atoms with E-state index in [1.807, 2.05) is 13.0 Å². The van der Waals surface area contributed by atoms with Crippen LogP contribution in [0.1, 0.15) is 5.56 Å². The van der Waals surface area contributed by atoms with E-state index in [1.165, 1.54) is 0 Å². The van der Waals surface area contributed by atoms with Gasteiger partial charge in [0.1, 0.15) is 48.4 Å². The van der Waals surface area contributed by atoms with E-state index in [4.69, 9.17) is 24.1 Å². The molecular formula is C19H22O6. The first kappa shape index (κ1) is 17.4. The normalized spacial score (nSPS) is 20.2. The average Bonchev–Trinajstić information content (AvgIpc) is 3.50. The molecule has 0 saturated carbocycles. The third-order valence-corrected chi connectivity index (χ3v) is 3.68. The van der Waals surface area contributed by atoms with Crippen molar-refractivity contribution < 1.29 is 29.2 Å². The van der Waals surface area contributed by atoms with Crippen molar-refractivity contribution in [2.24, 2.45) is 0 Å². The predicted octanol–water partition coefficient (Wildman–Crippen LogP) is 2.65. The van der Waals surface area contributed by atoms with Gasteiger partial charge in [-0.05, 0) is 55.0 Å². The highest BCUT2D eigenvalue weighted by Crippen LogP contribution is 2.22. The third-order valence-electron chi connectivity index (χ3n) is 3.68. The number of phenolic OH excluding ortho intramolecular Hbond substituents is 2. The largest absolute Gasteiger partial charge is 0.508 e. The molecule has 6 nitrogen and oxygen atoms in total. The highest BCUT2D eigenvalue weighted by atomic mass is 16.6. The van der Waals surface area contributed by atoms with E-state index in [0.717, 1.165) is 30.3 Å². The van der Waals surface area contributed by atoms with Gasteiger partial charge < -0.3 is 29.2 Å². The monoisotopic (exact) mass is 346 g/mol. The second-order valence-electron chi connectivity index (χ2n) is 5.97. The number of hydrogen-bond donors (Lipinski definition) is 2. The number of aromatic hydroxyl groups is 2. The molecule has 2 atom stereocenters. The summed E-state index contributed by atoms with van der Waals surface area (Å²) in [6, 6.07) is 11.9. The first-order chi connectivity index (χ1) is 12.1. The Morgan fingerprint density at radius 2 is 1.40 bits per heavy atom. The summed E-state index contributed by atoms with van der Waals surface area (Å²) in [5, 5.41) is 18.2. The first-order valence-corrected chi connectivity index (χ1v) is 8.17. The molecule has 2 heterocycles. The molecule has 2 aromatic rings. The van der Waals surface area contributed by atoms with Crippen molar-refractivity contribution >= 4 is 0 Å². The van der Waals surface area contributed by atoms with Gasteiger partial charge in [0.15, 0.2) is 0 Å². The maximum absolute atomic E-state index is 9.25. The Labute approximate surface area is 146 Å². The maximum atomic E-state index is 9.25. The van der Waals surface area contributed by atoms with Crippen molar-refractivity contribution in [3.05, 3.63) is 48.0 Å². The number of ether oxygens (including phenoxy) is 4. The van der Waals surface area contributed by atoms with Crippen molar-refractivity contribution in [3.63, 3.8) is 0 Å². The van der Waals surface area contributed by atoms with Gasteiger partial charge in [-0.2, -0.15) is 0 Å². The minimum absolute atomic E-state index is 0.255. The van der Waals surface area contributed by atoms with Crippen LogP contribution in [-0.2, 0) is 9.47 Å². The molecule has 0 radical (unpaired) electrons. The van der Waals surface area contributed by atoms with Crippen LogP contribution in [-0.4, -0.2) is 48.8 Å². The molecule has 0 aliphatic carbocycles. The lowest BCUT2D eigenvalue weighted by molar-refractivity contribution is 0.262. The van der Waals surface area contributed by atoms with E-state index in [0.29, 0.717) is 19.0 Å². The Morgan fingerprint density at radius 1 is 0.880 bits per heavy atom. The van der Waals surface area contributed by atoms with Crippen LogP contribution in [0, 0.1) is 6.92 Å². The molecule has 2 N–H and O–H groups in total. The van der Waals surface area contributed by atoms with E-state index in [2.05, 4.69) is 0 Å². The fourth-order valence-electron chi connectivity index (χ4n) is 1.97. The van der Waals surface area contributed by atoms with Crippen molar-refractivity contribution in [2.45, 2.75) is 19.1 Å². The Kier molecular flexibility index (Phi) is 5.63. The maximum Gasteiger partial charge on any atom is 0.119 e. The lowest BCUT2D eigenvalue weighted by Gasteiger charge is -2.05. The summed E-state index contributed by atoms with van der Waals surface area (Å²) in [7, 11) is 0. The molecule has 0 aromatic heterocycles. The van der Waals surface area contributed by atoms with E-state index in [1.54, 1.807) is 36.4 Å². The smallest absolute Gasteiger partial charge is 0.119 e. The van der Waals surface area contributed by atoms with Crippen molar-refractivity contribution in [1.82, 2.24) is 0 Å². The van der Waals surface area contributed by atoms with Crippen LogP contribution in [0.4, 0.5) is 0 Å². The number of benzene rings is 2. The van der Waals surface area contributed by atoms with Gasteiger partial charge in [0.05, 0.1) is 13.2 Å². The standard InChI is InChI=1S/C10H12O3.C9H10O3/c1-7-4-8(2-3-10(7)11)12-5-9-6-13-9;10-7-1-3-8(4-2-7)11-5-9-6-12-9/h2-4,9,11H,5-6H2,1H3;1-4,9-10H,5-6H2. The zero-order valence-electron chi connectivity index (χ0n) is 14.1. The number of hydrogen-bond acceptors (Lipinski definition) is 6. The first-order valence-electron chi connectivity index (χ1n) is 8.17. The van der Waals surface area contributed by atoms with Gasteiger partial charge >= 0.3 is 0 Å². The van der Waals surface area contributed by atoms with Crippen LogP contribution >= 0.6 is 0 Å². The van der Waals surface area contributed by atoms with Gasteiger partial charge in [0, 0.05) is 0 Å². The van der Waals surface area contributed by atoms with Crippen LogP contribution in [0.5, 0.6) is 23.0 Å². The molecule has 2 fully saturated rings. The van der Waals surface area contributed by atoms with Gasteiger partial charge in [-0.25, -0.2) is 0 Å². The highest BCUT2D eigenvalue weighted by Gasteiger charge is 2.23. The zero-order chi connectivity index (χ0) is 17.6. The van der Waals surface area contributed by atoms with Crippen LogP contribution < -0.4 is 9.47 Å². The van der Waals surface area contributed by atoms with Crippen molar-refractivity contribution in [1.29, 1.82) is 0 Å². The molecule has 2 saturated heterocycles.